The molecule has 0 atom stereocenters. The number of hydrogen-bond donors (Lipinski definition) is 1. The van der Waals surface area contributed by atoms with Gasteiger partial charge in [-0.3, -0.25) is 9.59 Å². The molecule has 1 N–H and O–H groups in total. The molecule has 0 aliphatic heterocycles. The normalized spacial score (nSPS) is 9.94. The number of nitrogens with one attached hydrogen (secondary N) is 1. The van der Waals surface area contributed by atoms with Crippen LogP contribution in [0.15, 0.2) is 18.2 Å². The molecule has 0 radical (unpaired) electrons. The van der Waals surface area contributed by atoms with Crippen molar-refractivity contribution in [2.75, 3.05) is 6.61 Å². The van der Waals surface area contributed by atoms with E-state index in [1.54, 1.807) is 0 Å². The molecule has 0 fully saturated rings. The fourth-order valence-electron chi connectivity index (χ4n) is 1.63. The Hall–Kier alpha value is -1.84. The Bertz CT molecular complexity index is 441. The first-order valence-corrected chi connectivity index (χ1v) is 6.01. The minimum atomic E-state index is -0.242. The summed E-state index contributed by atoms with van der Waals surface area (Å²) in [5.41, 5.74) is 2.03. The average Bonchev–Trinajstić information content (AvgIpc) is 2.29. The van der Waals surface area contributed by atoms with Crippen molar-refractivity contribution in [1.29, 1.82) is 0 Å². The van der Waals surface area contributed by atoms with Crippen LogP contribution in [0.4, 0.5) is 0 Å². The minimum Gasteiger partial charge on any atom is -0.494 e. The molecule has 0 bridgehead atoms. The van der Waals surface area contributed by atoms with Gasteiger partial charge in [0.15, 0.2) is 0 Å². The number of aryl methyl sites for hydroxylation is 1. The van der Waals surface area contributed by atoms with Crippen LogP contribution >= 0.6 is 0 Å². The summed E-state index contributed by atoms with van der Waals surface area (Å²) in [6, 6.07) is 5.77. The lowest BCUT2D eigenvalue weighted by Gasteiger charge is -2.09. The molecule has 98 valence electrons. The highest BCUT2D eigenvalue weighted by Crippen LogP contribution is 2.18. The highest BCUT2D eigenvalue weighted by Gasteiger charge is 2.05. The molecule has 1 rings (SSSR count). The summed E-state index contributed by atoms with van der Waals surface area (Å²) in [5, 5.41) is 2.71. The minimum absolute atomic E-state index is 0.0595. The van der Waals surface area contributed by atoms with Crippen LogP contribution in [-0.2, 0) is 16.1 Å². The summed E-state index contributed by atoms with van der Waals surface area (Å²) in [7, 11) is 0. The smallest absolute Gasteiger partial charge is 0.227 e. The second-order valence-corrected chi connectivity index (χ2v) is 4.19. The molecule has 0 aromatic heterocycles. The zero-order chi connectivity index (χ0) is 13.5. The molecule has 4 nitrogen and oxygen atoms in total. The molecular formula is C14H19NO3. The number of ketones is 1. The van der Waals surface area contributed by atoms with Crippen LogP contribution < -0.4 is 10.1 Å². The van der Waals surface area contributed by atoms with E-state index in [-0.39, 0.29) is 18.1 Å². The Morgan fingerprint density at radius 3 is 2.61 bits per heavy atom. The standard InChI is InChI=1S/C14H19NO3/c1-4-18-13-6-5-12(7-10(13)2)9-15-14(17)8-11(3)16/h5-7H,4,8-9H2,1-3H3,(H,15,17). The Kier molecular flexibility index (Phi) is 5.36. The number of hydrogen-bond acceptors (Lipinski definition) is 3. The summed E-state index contributed by atoms with van der Waals surface area (Å²) in [6.07, 6.45) is -0.0595. The van der Waals surface area contributed by atoms with E-state index in [4.69, 9.17) is 4.74 Å². The van der Waals surface area contributed by atoms with Gasteiger partial charge in [-0.1, -0.05) is 12.1 Å². The number of benzene rings is 1. The average molecular weight is 249 g/mol. The van der Waals surface area contributed by atoms with Crippen LogP contribution in [0.1, 0.15) is 31.4 Å². The molecule has 4 heteroatoms. The summed E-state index contributed by atoms with van der Waals surface area (Å²) < 4.78 is 5.44. The van der Waals surface area contributed by atoms with Gasteiger partial charge in [0.25, 0.3) is 0 Å². The Labute approximate surface area is 107 Å². The van der Waals surface area contributed by atoms with E-state index in [2.05, 4.69) is 5.32 Å². The van der Waals surface area contributed by atoms with Gasteiger partial charge in [-0.15, -0.1) is 0 Å². The van der Waals surface area contributed by atoms with E-state index >= 15 is 0 Å². The third-order valence-corrected chi connectivity index (χ3v) is 2.44. The number of ether oxygens (including phenoxy) is 1. The SMILES string of the molecule is CCOc1ccc(CNC(=O)CC(C)=O)cc1C. The zero-order valence-corrected chi connectivity index (χ0v) is 11.1. The Balaban J connectivity index is 2.55. The fourth-order valence-corrected chi connectivity index (χ4v) is 1.63. The third-order valence-electron chi connectivity index (χ3n) is 2.44. The number of Topliss-reactive ketones (excluding diaryl/α,β-unsaturated/α-hetero) is 1. The van der Waals surface area contributed by atoms with Gasteiger partial charge in [-0.25, -0.2) is 0 Å². The highest BCUT2D eigenvalue weighted by molar-refractivity contribution is 5.96. The van der Waals surface area contributed by atoms with E-state index in [0.717, 1.165) is 16.9 Å². The molecule has 0 unspecified atom stereocenters. The summed E-state index contributed by atoms with van der Waals surface area (Å²) in [4.78, 5) is 22.1. The molecule has 0 heterocycles. The summed E-state index contributed by atoms with van der Waals surface area (Å²) in [5.74, 6) is 0.487. The lowest BCUT2D eigenvalue weighted by atomic mass is 10.1. The van der Waals surface area contributed by atoms with Crippen LogP contribution in [0.5, 0.6) is 5.75 Å². The van der Waals surface area contributed by atoms with Gasteiger partial charge in [0, 0.05) is 6.54 Å². The zero-order valence-electron chi connectivity index (χ0n) is 11.1. The van der Waals surface area contributed by atoms with Crippen molar-refractivity contribution in [2.45, 2.75) is 33.7 Å². The van der Waals surface area contributed by atoms with Crippen molar-refractivity contribution >= 4 is 11.7 Å². The maximum Gasteiger partial charge on any atom is 0.227 e. The maximum atomic E-state index is 11.3. The first-order valence-electron chi connectivity index (χ1n) is 6.01. The van der Waals surface area contributed by atoms with E-state index < -0.39 is 0 Å². The number of rotatable bonds is 6. The monoisotopic (exact) mass is 249 g/mol. The number of amides is 1. The molecule has 1 aromatic carbocycles. The van der Waals surface area contributed by atoms with Crippen molar-refractivity contribution in [3.63, 3.8) is 0 Å². The molecule has 0 aliphatic rings. The van der Waals surface area contributed by atoms with Crippen molar-refractivity contribution in [1.82, 2.24) is 5.32 Å². The van der Waals surface area contributed by atoms with Crippen LogP contribution in [0.3, 0.4) is 0 Å². The van der Waals surface area contributed by atoms with Gasteiger partial charge in [-0.2, -0.15) is 0 Å². The van der Waals surface area contributed by atoms with Crippen molar-refractivity contribution in [2.24, 2.45) is 0 Å². The maximum absolute atomic E-state index is 11.3. The van der Waals surface area contributed by atoms with Crippen molar-refractivity contribution in [3.05, 3.63) is 29.3 Å². The molecule has 1 amide bonds. The van der Waals surface area contributed by atoms with Crippen LogP contribution in [0, 0.1) is 6.92 Å². The van der Waals surface area contributed by atoms with Gasteiger partial charge in [-0.05, 0) is 38.0 Å². The van der Waals surface area contributed by atoms with Crippen LogP contribution in [-0.4, -0.2) is 18.3 Å². The predicted molar refractivity (Wildman–Crippen MR) is 69.5 cm³/mol. The van der Waals surface area contributed by atoms with E-state index in [0.29, 0.717) is 13.2 Å². The second kappa shape index (κ2) is 6.79. The van der Waals surface area contributed by atoms with Gasteiger partial charge < -0.3 is 10.1 Å². The quantitative estimate of drug-likeness (QED) is 0.784. The molecule has 0 saturated carbocycles. The van der Waals surface area contributed by atoms with Crippen molar-refractivity contribution < 1.29 is 14.3 Å². The van der Waals surface area contributed by atoms with E-state index in [1.165, 1.54) is 6.92 Å². The Morgan fingerprint density at radius 2 is 2.06 bits per heavy atom. The topological polar surface area (TPSA) is 55.4 Å². The first-order chi connectivity index (χ1) is 8.52. The van der Waals surface area contributed by atoms with Gasteiger partial charge in [0.2, 0.25) is 5.91 Å². The summed E-state index contributed by atoms with van der Waals surface area (Å²) >= 11 is 0. The van der Waals surface area contributed by atoms with Gasteiger partial charge >= 0.3 is 0 Å². The van der Waals surface area contributed by atoms with E-state index in [9.17, 15) is 9.59 Å². The highest BCUT2D eigenvalue weighted by atomic mass is 16.5. The first kappa shape index (κ1) is 14.2. The number of carbonyl (C=O) groups is 2. The van der Waals surface area contributed by atoms with Crippen molar-refractivity contribution in [3.8, 4) is 5.75 Å². The third kappa shape index (κ3) is 4.57. The Morgan fingerprint density at radius 1 is 1.33 bits per heavy atom. The fraction of sp³-hybridized carbons (Fsp3) is 0.429. The van der Waals surface area contributed by atoms with Crippen LogP contribution in [0.25, 0.3) is 0 Å². The van der Waals surface area contributed by atoms with Gasteiger partial charge in [0.05, 0.1) is 13.0 Å². The largest absolute Gasteiger partial charge is 0.494 e. The lowest BCUT2D eigenvalue weighted by Crippen LogP contribution is -2.24. The molecule has 0 aliphatic carbocycles. The molecular weight excluding hydrogens is 230 g/mol. The van der Waals surface area contributed by atoms with Crippen LogP contribution in [0.2, 0.25) is 0 Å². The molecule has 1 aromatic rings. The molecule has 0 spiro atoms. The molecule has 18 heavy (non-hydrogen) atoms. The molecule has 0 saturated heterocycles. The summed E-state index contributed by atoms with van der Waals surface area (Å²) in [6.45, 7) is 6.37. The number of carbonyl (C=O) groups excluding carboxylic acids is 2. The lowest BCUT2D eigenvalue weighted by molar-refractivity contribution is -0.127. The predicted octanol–water partition coefficient (Wildman–Crippen LogP) is 1.99. The van der Waals surface area contributed by atoms with Gasteiger partial charge in [0.1, 0.15) is 11.5 Å². The second-order valence-electron chi connectivity index (χ2n) is 4.19. The van der Waals surface area contributed by atoms with E-state index in [1.807, 2.05) is 32.0 Å².